The van der Waals surface area contributed by atoms with E-state index in [-0.39, 0.29) is 30.9 Å². The molecule has 0 bridgehead atoms. The lowest BCUT2D eigenvalue weighted by Crippen LogP contribution is -2.51. The topological polar surface area (TPSA) is 58.6 Å². The standard InChI is InChI=1S/C23H28ClFN2O3/c1-4-16(3)26-23(29)20(5-2)27(14-17-10-12-18(24)13-11-17)22(28)15-30-21-9-7-6-8-19(21)25/h6-13,16,20H,4-5,14-15H2,1-3H3,(H,26,29). The summed E-state index contributed by atoms with van der Waals surface area (Å²) < 4.78 is 19.2. The number of amides is 2. The molecule has 0 aromatic heterocycles. The number of benzene rings is 2. The zero-order valence-corrected chi connectivity index (χ0v) is 18.3. The van der Waals surface area contributed by atoms with Gasteiger partial charge >= 0.3 is 0 Å². The molecule has 0 radical (unpaired) electrons. The van der Waals surface area contributed by atoms with Gasteiger partial charge in [0.2, 0.25) is 5.91 Å². The maximum absolute atomic E-state index is 13.8. The Hall–Kier alpha value is -2.60. The van der Waals surface area contributed by atoms with Gasteiger partial charge in [-0.05, 0) is 49.6 Å². The van der Waals surface area contributed by atoms with Crippen LogP contribution in [0.3, 0.4) is 0 Å². The molecule has 5 nitrogen and oxygen atoms in total. The minimum absolute atomic E-state index is 0.00519. The summed E-state index contributed by atoms with van der Waals surface area (Å²) in [5.41, 5.74) is 0.827. The van der Waals surface area contributed by atoms with Gasteiger partial charge in [-0.3, -0.25) is 9.59 Å². The van der Waals surface area contributed by atoms with E-state index in [0.717, 1.165) is 12.0 Å². The highest BCUT2D eigenvalue weighted by atomic mass is 35.5. The van der Waals surface area contributed by atoms with Crippen molar-refractivity contribution < 1.29 is 18.7 Å². The van der Waals surface area contributed by atoms with Crippen LogP contribution in [0.25, 0.3) is 0 Å². The molecule has 0 aliphatic rings. The fourth-order valence-corrected chi connectivity index (χ4v) is 3.06. The van der Waals surface area contributed by atoms with E-state index >= 15 is 0 Å². The number of nitrogens with one attached hydrogen (secondary N) is 1. The molecule has 2 unspecified atom stereocenters. The van der Waals surface area contributed by atoms with Crippen LogP contribution in [0, 0.1) is 5.82 Å². The highest BCUT2D eigenvalue weighted by molar-refractivity contribution is 6.30. The maximum atomic E-state index is 13.8. The van der Waals surface area contributed by atoms with E-state index in [0.29, 0.717) is 11.4 Å². The number of carbonyl (C=O) groups excluding carboxylic acids is 2. The van der Waals surface area contributed by atoms with Gasteiger partial charge in [0.05, 0.1) is 0 Å². The van der Waals surface area contributed by atoms with Crippen molar-refractivity contribution in [2.24, 2.45) is 0 Å². The van der Waals surface area contributed by atoms with Gasteiger partial charge in [0.25, 0.3) is 5.91 Å². The molecule has 30 heavy (non-hydrogen) atoms. The summed E-state index contributed by atoms with van der Waals surface area (Å²) in [5, 5.41) is 3.52. The molecule has 1 N–H and O–H groups in total. The molecular weight excluding hydrogens is 407 g/mol. The van der Waals surface area contributed by atoms with E-state index in [4.69, 9.17) is 16.3 Å². The largest absolute Gasteiger partial charge is 0.481 e. The van der Waals surface area contributed by atoms with Crippen LogP contribution in [0.15, 0.2) is 48.5 Å². The third-order valence-corrected chi connectivity index (χ3v) is 5.09. The second-order valence-corrected chi connectivity index (χ2v) is 7.55. The average Bonchev–Trinajstić information content (AvgIpc) is 2.74. The summed E-state index contributed by atoms with van der Waals surface area (Å²) in [6.07, 6.45) is 1.21. The molecule has 0 fully saturated rings. The molecule has 0 aliphatic heterocycles. The Morgan fingerprint density at radius 3 is 2.37 bits per heavy atom. The summed E-state index contributed by atoms with van der Waals surface area (Å²) in [4.78, 5) is 27.3. The quantitative estimate of drug-likeness (QED) is 0.595. The lowest BCUT2D eigenvalue weighted by Gasteiger charge is -2.31. The van der Waals surface area contributed by atoms with E-state index in [1.807, 2.05) is 20.8 Å². The number of ether oxygens (including phenoxy) is 1. The van der Waals surface area contributed by atoms with Crippen LogP contribution in [0.5, 0.6) is 5.75 Å². The molecule has 0 aliphatic carbocycles. The molecule has 0 saturated carbocycles. The summed E-state index contributed by atoms with van der Waals surface area (Å²) in [6.45, 7) is 5.58. The Morgan fingerprint density at radius 2 is 1.77 bits per heavy atom. The SMILES string of the molecule is CCC(C)NC(=O)C(CC)N(Cc1ccc(Cl)cc1)C(=O)COc1ccccc1F. The monoisotopic (exact) mass is 434 g/mol. The number of para-hydroxylation sites is 1. The minimum atomic E-state index is -0.675. The van der Waals surface area contributed by atoms with Crippen LogP contribution in [0.2, 0.25) is 5.02 Å². The van der Waals surface area contributed by atoms with Crippen molar-refractivity contribution in [3.05, 3.63) is 64.9 Å². The number of rotatable bonds is 10. The number of carbonyl (C=O) groups is 2. The van der Waals surface area contributed by atoms with E-state index in [2.05, 4.69) is 5.32 Å². The number of hydrogen-bond acceptors (Lipinski definition) is 3. The van der Waals surface area contributed by atoms with Gasteiger partial charge in [-0.2, -0.15) is 0 Å². The van der Waals surface area contributed by atoms with E-state index in [9.17, 15) is 14.0 Å². The normalized spacial score (nSPS) is 12.7. The second kappa shape index (κ2) is 11.6. The molecule has 2 atom stereocenters. The van der Waals surface area contributed by atoms with Gasteiger partial charge in [-0.15, -0.1) is 0 Å². The minimum Gasteiger partial charge on any atom is -0.481 e. The molecule has 7 heteroatoms. The molecular formula is C23H28ClFN2O3. The van der Waals surface area contributed by atoms with E-state index < -0.39 is 17.8 Å². The molecule has 2 amide bonds. The maximum Gasteiger partial charge on any atom is 0.261 e. The lowest BCUT2D eigenvalue weighted by molar-refractivity contribution is -0.143. The number of nitrogens with zero attached hydrogens (tertiary/aromatic N) is 1. The highest BCUT2D eigenvalue weighted by Gasteiger charge is 2.29. The fourth-order valence-electron chi connectivity index (χ4n) is 2.93. The Bertz CT molecular complexity index is 845. The summed E-state index contributed by atoms with van der Waals surface area (Å²) in [7, 11) is 0. The lowest BCUT2D eigenvalue weighted by atomic mass is 10.1. The Balaban J connectivity index is 2.21. The highest BCUT2D eigenvalue weighted by Crippen LogP contribution is 2.18. The van der Waals surface area contributed by atoms with Crippen LogP contribution in [-0.4, -0.2) is 35.4 Å². The molecule has 2 aromatic carbocycles. The van der Waals surface area contributed by atoms with Crippen molar-refractivity contribution in [2.75, 3.05) is 6.61 Å². The molecule has 0 saturated heterocycles. The molecule has 2 rings (SSSR count). The number of hydrogen-bond donors (Lipinski definition) is 1. The number of halogens is 2. The average molecular weight is 435 g/mol. The first-order valence-electron chi connectivity index (χ1n) is 10.1. The first-order valence-corrected chi connectivity index (χ1v) is 10.4. The second-order valence-electron chi connectivity index (χ2n) is 7.11. The molecule has 162 valence electrons. The van der Waals surface area contributed by atoms with Gasteiger partial charge in [0, 0.05) is 17.6 Å². The summed E-state index contributed by atoms with van der Waals surface area (Å²) in [5.74, 6) is -1.18. The van der Waals surface area contributed by atoms with Crippen LogP contribution >= 0.6 is 11.6 Å². The Kier molecular flexibility index (Phi) is 9.12. The third-order valence-electron chi connectivity index (χ3n) is 4.84. The smallest absolute Gasteiger partial charge is 0.261 e. The predicted octanol–water partition coefficient (Wildman–Crippen LogP) is 4.58. The van der Waals surface area contributed by atoms with Crippen molar-refractivity contribution in [2.45, 2.75) is 52.2 Å². The van der Waals surface area contributed by atoms with Crippen molar-refractivity contribution in [1.29, 1.82) is 0 Å². The van der Waals surface area contributed by atoms with Crippen molar-refractivity contribution >= 4 is 23.4 Å². The van der Waals surface area contributed by atoms with Crippen molar-refractivity contribution in [3.63, 3.8) is 0 Å². The molecule has 0 spiro atoms. The fraction of sp³-hybridized carbons (Fsp3) is 0.391. The van der Waals surface area contributed by atoms with Crippen LogP contribution < -0.4 is 10.1 Å². The van der Waals surface area contributed by atoms with Gasteiger partial charge in [0.15, 0.2) is 18.2 Å². The molecule has 2 aromatic rings. The van der Waals surface area contributed by atoms with Gasteiger partial charge in [-0.1, -0.05) is 49.7 Å². The third kappa shape index (κ3) is 6.73. The summed E-state index contributed by atoms with van der Waals surface area (Å²) >= 11 is 5.96. The van der Waals surface area contributed by atoms with Crippen LogP contribution in [0.4, 0.5) is 4.39 Å². The first-order chi connectivity index (χ1) is 14.3. The van der Waals surface area contributed by atoms with Gasteiger partial charge < -0.3 is 15.0 Å². The first kappa shape index (κ1) is 23.7. The Morgan fingerprint density at radius 1 is 1.10 bits per heavy atom. The Labute approximate surface area is 182 Å². The van der Waals surface area contributed by atoms with Crippen molar-refractivity contribution in [3.8, 4) is 5.75 Å². The van der Waals surface area contributed by atoms with Crippen LogP contribution in [0.1, 0.15) is 39.2 Å². The zero-order chi connectivity index (χ0) is 22.1. The molecule has 0 heterocycles. The zero-order valence-electron chi connectivity index (χ0n) is 17.5. The van der Waals surface area contributed by atoms with Gasteiger partial charge in [-0.25, -0.2) is 4.39 Å². The van der Waals surface area contributed by atoms with Crippen LogP contribution in [-0.2, 0) is 16.1 Å². The van der Waals surface area contributed by atoms with Crippen molar-refractivity contribution in [1.82, 2.24) is 10.2 Å². The van der Waals surface area contributed by atoms with E-state index in [1.54, 1.807) is 36.4 Å². The summed E-state index contributed by atoms with van der Waals surface area (Å²) in [6, 6.07) is 12.3. The van der Waals surface area contributed by atoms with Gasteiger partial charge in [0.1, 0.15) is 6.04 Å². The predicted molar refractivity (Wildman–Crippen MR) is 116 cm³/mol. The van der Waals surface area contributed by atoms with E-state index in [1.165, 1.54) is 17.0 Å².